The Labute approximate surface area is 141 Å². The number of hydrogen-bond acceptors (Lipinski definition) is 4. The van der Waals surface area contributed by atoms with Crippen LogP contribution in [0.3, 0.4) is 0 Å². The third-order valence-corrected chi connectivity index (χ3v) is 4.59. The van der Waals surface area contributed by atoms with E-state index >= 15 is 0 Å². The molecule has 2 aliphatic rings. The number of hydrogen-bond donors (Lipinski definition) is 3. The van der Waals surface area contributed by atoms with E-state index in [4.69, 9.17) is 10.5 Å². The molecule has 2 heterocycles. The molecule has 0 aromatic heterocycles. The lowest BCUT2D eigenvalue weighted by molar-refractivity contribution is -0.130. The average Bonchev–Trinajstić information content (AvgIpc) is 2.55. The number of carbonyl (C=O) groups excluding carboxylic acids is 2. The number of aryl methyl sites for hydroxylation is 1. The van der Waals surface area contributed by atoms with E-state index in [1.54, 1.807) is 0 Å². The van der Waals surface area contributed by atoms with Gasteiger partial charge in [-0.15, -0.1) is 12.4 Å². The number of halogens is 1. The second-order valence-corrected chi connectivity index (χ2v) is 5.97. The fraction of sp³-hybridized carbons (Fsp3) is 0.500. The van der Waals surface area contributed by atoms with Crippen molar-refractivity contribution in [1.29, 1.82) is 0 Å². The van der Waals surface area contributed by atoms with Gasteiger partial charge in [-0.25, -0.2) is 0 Å². The summed E-state index contributed by atoms with van der Waals surface area (Å²) in [6, 6.07) is 5.63. The largest absolute Gasteiger partial charge is 0.381 e. The van der Waals surface area contributed by atoms with Gasteiger partial charge in [0.25, 0.3) is 0 Å². The molecule has 7 heteroatoms. The SMILES string of the molecule is Cl.NCC1(C(=O)Nc2ccc3c(c2)NC(=O)CC3)CCOCC1. The summed E-state index contributed by atoms with van der Waals surface area (Å²) < 4.78 is 5.33. The Morgan fingerprint density at radius 2 is 2.04 bits per heavy atom. The summed E-state index contributed by atoms with van der Waals surface area (Å²) in [6.45, 7) is 1.43. The molecule has 0 saturated carbocycles. The first kappa shape index (κ1) is 17.7. The molecule has 0 unspecified atom stereocenters. The Balaban J connectivity index is 0.00000192. The molecule has 2 aliphatic heterocycles. The van der Waals surface area contributed by atoms with Crippen LogP contribution in [0.4, 0.5) is 11.4 Å². The standard InChI is InChI=1S/C16H21N3O3.ClH/c17-10-16(5-7-22-8-6-16)15(21)18-12-3-1-11-2-4-14(20)19-13(11)9-12;/h1,3,9H,2,4-8,10,17H2,(H,18,21)(H,19,20);1H. The van der Waals surface area contributed by atoms with E-state index in [-0.39, 0.29) is 24.2 Å². The molecule has 0 aliphatic carbocycles. The molecule has 0 radical (unpaired) electrons. The maximum Gasteiger partial charge on any atom is 0.232 e. The molecular weight excluding hydrogens is 318 g/mol. The van der Waals surface area contributed by atoms with E-state index in [0.717, 1.165) is 17.7 Å². The van der Waals surface area contributed by atoms with E-state index in [0.29, 0.717) is 44.7 Å². The molecule has 23 heavy (non-hydrogen) atoms. The van der Waals surface area contributed by atoms with Crippen LogP contribution in [0.5, 0.6) is 0 Å². The van der Waals surface area contributed by atoms with Gasteiger partial charge in [-0.1, -0.05) is 6.07 Å². The van der Waals surface area contributed by atoms with Gasteiger partial charge in [0.1, 0.15) is 0 Å². The number of anilines is 2. The average molecular weight is 340 g/mol. The molecule has 2 amide bonds. The van der Waals surface area contributed by atoms with Gasteiger partial charge in [0.05, 0.1) is 5.41 Å². The molecule has 4 N–H and O–H groups in total. The molecule has 0 spiro atoms. The summed E-state index contributed by atoms with van der Waals surface area (Å²) in [6.07, 6.45) is 2.52. The van der Waals surface area contributed by atoms with E-state index in [1.807, 2.05) is 18.2 Å². The van der Waals surface area contributed by atoms with Crippen LogP contribution in [0, 0.1) is 5.41 Å². The van der Waals surface area contributed by atoms with Crippen molar-refractivity contribution >= 4 is 35.6 Å². The normalized spacial score (nSPS) is 19.1. The number of benzene rings is 1. The van der Waals surface area contributed by atoms with Crippen LogP contribution in [0.25, 0.3) is 0 Å². The van der Waals surface area contributed by atoms with Crippen molar-refractivity contribution in [3.8, 4) is 0 Å². The van der Waals surface area contributed by atoms with Crippen molar-refractivity contribution in [3.63, 3.8) is 0 Å². The minimum absolute atomic E-state index is 0. The number of rotatable bonds is 3. The zero-order valence-corrected chi connectivity index (χ0v) is 13.7. The first-order chi connectivity index (χ1) is 10.6. The topological polar surface area (TPSA) is 93.5 Å². The molecule has 3 rings (SSSR count). The summed E-state index contributed by atoms with van der Waals surface area (Å²) in [7, 11) is 0. The first-order valence-electron chi connectivity index (χ1n) is 7.65. The van der Waals surface area contributed by atoms with E-state index < -0.39 is 5.41 Å². The van der Waals surface area contributed by atoms with Gasteiger partial charge in [0.15, 0.2) is 0 Å². The molecule has 126 valence electrons. The highest BCUT2D eigenvalue weighted by molar-refractivity contribution is 5.98. The van der Waals surface area contributed by atoms with Crippen molar-refractivity contribution < 1.29 is 14.3 Å². The van der Waals surface area contributed by atoms with E-state index in [1.165, 1.54) is 0 Å². The van der Waals surface area contributed by atoms with Crippen LogP contribution in [-0.4, -0.2) is 31.6 Å². The number of nitrogens with one attached hydrogen (secondary N) is 2. The van der Waals surface area contributed by atoms with Gasteiger partial charge < -0.3 is 21.1 Å². The zero-order valence-electron chi connectivity index (χ0n) is 12.9. The Morgan fingerprint density at radius 1 is 1.30 bits per heavy atom. The molecule has 1 aromatic rings. The van der Waals surface area contributed by atoms with Crippen molar-refractivity contribution in [2.45, 2.75) is 25.7 Å². The van der Waals surface area contributed by atoms with Crippen molar-refractivity contribution in [2.75, 3.05) is 30.4 Å². The highest BCUT2D eigenvalue weighted by atomic mass is 35.5. The smallest absolute Gasteiger partial charge is 0.232 e. The number of ether oxygens (including phenoxy) is 1. The van der Waals surface area contributed by atoms with Crippen molar-refractivity contribution in [2.24, 2.45) is 11.1 Å². The summed E-state index contributed by atoms with van der Waals surface area (Å²) in [5, 5.41) is 5.78. The Hall–Kier alpha value is -1.63. The Kier molecular flexibility index (Phi) is 5.62. The first-order valence-corrected chi connectivity index (χ1v) is 7.65. The minimum atomic E-state index is -0.558. The summed E-state index contributed by atoms with van der Waals surface area (Å²) >= 11 is 0. The van der Waals surface area contributed by atoms with Gasteiger partial charge in [0.2, 0.25) is 11.8 Å². The van der Waals surface area contributed by atoms with Crippen LogP contribution < -0.4 is 16.4 Å². The van der Waals surface area contributed by atoms with Gasteiger partial charge in [0, 0.05) is 37.6 Å². The van der Waals surface area contributed by atoms with Crippen molar-refractivity contribution in [3.05, 3.63) is 23.8 Å². The maximum absolute atomic E-state index is 12.6. The third-order valence-electron chi connectivity index (χ3n) is 4.59. The zero-order chi connectivity index (χ0) is 15.6. The molecule has 6 nitrogen and oxygen atoms in total. The second-order valence-electron chi connectivity index (χ2n) is 5.97. The van der Waals surface area contributed by atoms with Gasteiger partial charge in [-0.3, -0.25) is 9.59 Å². The molecule has 0 atom stereocenters. The highest BCUT2D eigenvalue weighted by Crippen LogP contribution is 2.32. The second kappa shape index (κ2) is 7.29. The highest BCUT2D eigenvalue weighted by Gasteiger charge is 2.38. The monoisotopic (exact) mass is 339 g/mol. The predicted octanol–water partition coefficient (Wildman–Crippen LogP) is 1.69. The lowest BCUT2D eigenvalue weighted by Crippen LogP contribution is -2.46. The minimum Gasteiger partial charge on any atom is -0.381 e. The van der Waals surface area contributed by atoms with Gasteiger partial charge >= 0.3 is 0 Å². The van der Waals surface area contributed by atoms with E-state index in [9.17, 15) is 9.59 Å². The summed E-state index contributed by atoms with van der Waals surface area (Å²) in [4.78, 5) is 24.1. The molecule has 1 fully saturated rings. The van der Waals surface area contributed by atoms with Crippen LogP contribution >= 0.6 is 12.4 Å². The van der Waals surface area contributed by atoms with Crippen LogP contribution in [0.2, 0.25) is 0 Å². The lowest BCUT2D eigenvalue weighted by atomic mass is 9.79. The molecule has 0 bridgehead atoms. The van der Waals surface area contributed by atoms with Crippen LogP contribution in [0.15, 0.2) is 18.2 Å². The fourth-order valence-electron chi connectivity index (χ4n) is 3.00. The van der Waals surface area contributed by atoms with E-state index in [2.05, 4.69) is 10.6 Å². The van der Waals surface area contributed by atoms with Crippen molar-refractivity contribution in [1.82, 2.24) is 0 Å². The number of fused-ring (bicyclic) bond motifs is 1. The Morgan fingerprint density at radius 3 is 2.74 bits per heavy atom. The molecule has 1 aromatic carbocycles. The van der Waals surface area contributed by atoms with Gasteiger partial charge in [-0.05, 0) is 37.0 Å². The predicted molar refractivity (Wildman–Crippen MR) is 90.8 cm³/mol. The third kappa shape index (κ3) is 3.65. The molecular formula is C16H22ClN3O3. The Bertz CT molecular complexity index is 600. The summed E-state index contributed by atoms with van der Waals surface area (Å²) in [5.41, 5.74) is 7.85. The number of amides is 2. The molecule has 1 saturated heterocycles. The quantitative estimate of drug-likeness (QED) is 0.781. The van der Waals surface area contributed by atoms with Gasteiger partial charge in [-0.2, -0.15) is 0 Å². The maximum atomic E-state index is 12.6. The number of nitrogens with two attached hydrogens (primary N) is 1. The fourth-order valence-corrected chi connectivity index (χ4v) is 3.00. The lowest BCUT2D eigenvalue weighted by Gasteiger charge is -2.34. The van der Waals surface area contributed by atoms with Crippen LogP contribution in [0.1, 0.15) is 24.8 Å². The summed E-state index contributed by atoms with van der Waals surface area (Å²) in [5.74, 6) is -0.0563. The number of carbonyl (C=O) groups is 2. The van der Waals surface area contributed by atoms with Crippen LogP contribution in [-0.2, 0) is 20.7 Å².